The number of piperidine rings is 1. The minimum Gasteiger partial charge on any atom is -0.505 e. The lowest BCUT2D eigenvalue weighted by molar-refractivity contribution is 0.0639. The van der Waals surface area contributed by atoms with Crippen LogP contribution in [0.3, 0.4) is 0 Å². The van der Waals surface area contributed by atoms with E-state index >= 15 is 0 Å². The van der Waals surface area contributed by atoms with Crippen molar-refractivity contribution < 1.29 is 14.3 Å². The summed E-state index contributed by atoms with van der Waals surface area (Å²) in [5.41, 5.74) is 8.86. The molecule has 1 saturated carbocycles. The highest BCUT2D eigenvalue weighted by Gasteiger charge is 2.41. The van der Waals surface area contributed by atoms with Crippen molar-refractivity contribution in [3.63, 3.8) is 0 Å². The highest BCUT2D eigenvalue weighted by molar-refractivity contribution is 6.07. The molecule has 2 aliphatic rings. The summed E-state index contributed by atoms with van der Waals surface area (Å²) >= 11 is 0. The fourth-order valence-electron chi connectivity index (χ4n) is 4.76. The van der Waals surface area contributed by atoms with Crippen LogP contribution in [0.5, 0.6) is 5.75 Å². The van der Waals surface area contributed by atoms with Crippen molar-refractivity contribution in [3.8, 4) is 17.0 Å². The van der Waals surface area contributed by atoms with Crippen molar-refractivity contribution in [3.05, 3.63) is 41.3 Å². The number of nitrogens with zero attached hydrogens (tertiary/aromatic N) is 3. The first kappa shape index (κ1) is 18.1. The van der Waals surface area contributed by atoms with E-state index in [1.807, 2.05) is 11.8 Å². The number of rotatable bonds is 2. The number of fused-ring (bicyclic) bond motifs is 3. The van der Waals surface area contributed by atoms with Gasteiger partial charge in [0, 0.05) is 30.4 Å². The van der Waals surface area contributed by atoms with E-state index in [0.717, 1.165) is 18.5 Å². The SMILES string of the molecule is Cc1[nH]nc2nc(-c3ccc(O)c(F)c3)cc(C(=O)N3CC4CCC(C3)C4N)c12. The number of nitrogens with two attached hydrogens (primary N) is 1. The molecule has 1 aliphatic carbocycles. The molecule has 1 amide bonds. The van der Waals surface area contributed by atoms with Gasteiger partial charge in [0.25, 0.3) is 5.91 Å². The van der Waals surface area contributed by atoms with Crippen LogP contribution in [0.4, 0.5) is 4.39 Å². The van der Waals surface area contributed by atoms with E-state index in [9.17, 15) is 14.3 Å². The Labute approximate surface area is 166 Å². The zero-order chi connectivity index (χ0) is 20.3. The summed E-state index contributed by atoms with van der Waals surface area (Å²) in [5.74, 6) is -0.567. The van der Waals surface area contributed by atoms with Crippen LogP contribution in [-0.4, -0.2) is 50.2 Å². The van der Waals surface area contributed by atoms with Gasteiger partial charge >= 0.3 is 0 Å². The van der Waals surface area contributed by atoms with Crippen LogP contribution in [0.25, 0.3) is 22.3 Å². The summed E-state index contributed by atoms with van der Waals surface area (Å²) in [6.45, 7) is 3.16. The summed E-state index contributed by atoms with van der Waals surface area (Å²) in [6, 6.07) is 5.91. The van der Waals surface area contributed by atoms with Gasteiger partial charge in [-0.3, -0.25) is 9.89 Å². The number of carbonyl (C=O) groups excluding carboxylic acids is 1. The third kappa shape index (κ3) is 2.86. The number of carbonyl (C=O) groups is 1. The van der Waals surface area contributed by atoms with Crippen LogP contribution in [0, 0.1) is 24.6 Å². The van der Waals surface area contributed by atoms with Crippen molar-refractivity contribution >= 4 is 16.9 Å². The Morgan fingerprint density at radius 1 is 1.28 bits per heavy atom. The maximum Gasteiger partial charge on any atom is 0.254 e. The van der Waals surface area contributed by atoms with E-state index in [-0.39, 0.29) is 11.9 Å². The topological polar surface area (TPSA) is 108 Å². The summed E-state index contributed by atoms with van der Waals surface area (Å²) in [6.07, 6.45) is 2.12. The van der Waals surface area contributed by atoms with E-state index in [0.29, 0.717) is 52.8 Å². The van der Waals surface area contributed by atoms with Crippen LogP contribution < -0.4 is 5.73 Å². The van der Waals surface area contributed by atoms with Gasteiger partial charge in [-0.1, -0.05) is 0 Å². The van der Waals surface area contributed by atoms with Crippen LogP contribution in [0.1, 0.15) is 28.9 Å². The predicted molar refractivity (Wildman–Crippen MR) is 106 cm³/mol. The Bertz CT molecular complexity index is 1110. The number of aryl methyl sites for hydroxylation is 1. The lowest BCUT2D eigenvalue weighted by Gasteiger charge is -2.36. The number of likely N-dealkylation sites (tertiary alicyclic amines) is 1. The third-order valence-corrected chi connectivity index (χ3v) is 6.37. The van der Waals surface area contributed by atoms with Crippen LogP contribution in [0.2, 0.25) is 0 Å². The molecule has 150 valence electrons. The lowest BCUT2D eigenvalue weighted by Crippen LogP contribution is -2.50. The Morgan fingerprint density at radius 2 is 2.00 bits per heavy atom. The van der Waals surface area contributed by atoms with E-state index < -0.39 is 11.6 Å². The zero-order valence-corrected chi connectivity index (χ0v) is 16.0. The maximum atomic E-state index is 13.9. The molecule has 1 aromatic carbocycles. The normalized spacial score (nSPS) is 23.7. The van der Waals surface area contributed by atoms with Crippen molar-refractivity contribution in [2.24, 2.45) is 17.6 Å². The molecule has 2 bridgehead atoms. The monoisotopic (exact) mass is 395 g/mol. The van der Waals surface area contributed by atoms with Crippen molar-refractivity contribution in [2.75, 3.05) is 13.1 Å². The Balaban J connectivity index is 1.59. The van der Waals surface area contributed by atoms with Gasteiger partial charge < -0.3 is 15.7 Å². The number of H-pyrrole nitrogens is 1. The lowest BCUT2D eigenvalue weighted by atomic mass is 9.92. The van der Waals surface area contributed by atoms with Gasteiger partial charge in [-0.25, -0.2) is 9.37 Å². The standard InChI is InChI=1S/C21H22FN5O2/c1-10-18-14(21(29)27-8-12-2-3-13(9-27)19(12)23)7-16(24-20(18)26-25-10)11-4-5-17(28)15(22)6-11/h4-7,12-13,19,28H,2-3,8-9,23H2,1H3,(H,24,25,26). The van der Waals surface area contributed by atoms with Crippen molar-refractivity contribution in [2.45, 2.75) is 25.8 Å². The van der Waals surface area contributed by atoms with E-state index in [1.54, 1.807) is 12.1 Å². The average molecular weight is 395 g/mol. The van der Waals surface area contributed by atoms with Crippen LogP contribution in [-0.2, 0) is 0 Å². The molecule has 2 fully saturated rings. The molecular formula is C21H22FN5O2. The smallest absolute Gasteiger partial charge is 0.254 e. The molecule has 4 N–H and O–H groups in total. The molecule has 3 aromatic rings. The summed E-state index contributed by atoms with van der Waals surface area (Å²) in [7, 11) is 0. The first-order valence-electron chi connectivity index (χ1n) is 9.82. The number of hydrogen-bond acceptors (Lipinski definition) is 5. The predicted octanol–water partition coefficient (Wildman–Crippen LogP) is 2.59. The number of phenolic OH excluding ortho intramolecular Hbond substituents is 1. The number of nitrogens with one attached hydrogen (secondary N) is 1. The molecule has 3 heterocycles. The second-order valence-electron chi connectivity index (χ2n) is 8.15. The number of aromatic amines is 1. The summed E-state index contributed by atoms with van der Waals surface area (Å²) in [4.78, 5) is 19.9. The minimum atomic E-state index is -0.739. The van der Waals surface area contributed by atoms with Crippen molar-refractivity contribution in [1.82, 2.24) is 20.1 Å². The van der Waals surface area contributed by atoms with E-state index in [1.165, 1.54) is 12.1 Å². The highest BCUT2D eigenvalue weighted by atomic mass is 19.1. The Kier molecular flexibility index (Phi) is 4.06. The Morgan fingerprint density at radius 3 is 2.69 bits per heavy atom. The van der Waals surface area contributed by atoms with Gasteiger partial charge in [-0.2, -0.15) is 5.10 Å². The number of benzene rings is 1. The number of hydrogen-bond donors (Lipinski definition) is 3. The molecule has 2 aromatic heterocycles. The first-order valence-corrected chi connectivity index (χ1v) is 9.82. The molecule has 5 rings (SSSR count). The Hall–Kier alpha value is -3.00. The van der Waals surface area contributed by atoms with Crippen LogP contribution >= 0.6 is 0 Å². The van der Waals surface area contributed by atoms with Gasteiger partial charge in [0.05, 0.1) is 16.6 Å². The number of amides is 1. The molecule has 0 radical (unpaired) electrons. The number of aromatic nitrogens is 3. The van der Waals surface area contributed by atoms with Gasteiger partial charge in [-0.15, -0.1) is 0 Å². The molecule has 8 heteroatoms. The second-order valence-corrected chi connectivity index (χ2v) is 8.15. The fraction of sp³-hybridized carbons (Fsp3) is 0.381. The molecule has 1 saturated heterocycles. The molecule has 1 aliphatic heterocycles. The third-order valence-electron chi connectivity index (χ3n) is 6.37. The van der Waals surface area contributed by atoms with E-state index in [2.05, 4.69) is 15.2 Å². The molecule has 29 heavy (non-hydrogen) atoms. The average Bonchev–Trinajstić information content (AvgIpc) is 3.16. The molecular weight excluding hydrogens is 373 g/mol. The second kappa shape index (κ2) is 6.52. The van der Waals surface area contributed by atoms with E-state index in [4.69, 9.17) is 5.73 Å². The number of halogens is 1. The number of phenols is 1. The molecule has 7 nitrogen and oxygen atoms in total. The van der Waals surface area contributed by atoms with Gasteiger partial charge in [0.15, 0.2) is 17.2 Å². The van der Waals surface area contributed by atoms with Crippen LogP contribution in [0.15, 0.2) is 24.3 Å². The van der Waals surface area contributed by atoms with Crippen molar-refractivity contribution in [1.29, 1.82) is 0 Å². The molecule has 0 spiro atoms. The minimum absolute atomic E-state index is 0.0776. The zero-order valence-electron chi connectivity index (χ0n) is 16.0. The fourth-order valence-corrected chi connectivity index (χ4v) is 4.76. The molecule has 2 unspecified atom stereocenters. The van der Waals surface area contributed by atoms with Gasteiger partial charge in [0.2, 0.25) is 0 Å². The summed E-state index contributed by atoms with van der Waals surface area (Å²) in [5, 5.41) is 17.3. The molecule has 2 atom stereocenters. The van der Waals surface area contributed by atoms with Gasteiger partial charge in [0.1, 0.15) is 0 Å². The largest absolute Gasteiger partial charge is 0.505 e. The summed E-state index contributed by atoms with van der Waals surface area (Å²) < 4.78 is 13.9. The quantitative estimate of drug-likeness (QED) is 0.618. The first-order chi connectivity index (χ1) is 13.9. The number of aromatic hydroxyl groups is 1. The maximum absolute atomic E-state index is 13.9. The highest BCUT2D eigenvalue weighted by Crippen LogP contribution is 2.37. The number of pyridine rings is 1. The van der Waals surface area contributed by atoms with Gasteiger partial charge in [-0.05, 0) is 55.9 Å².